The molecule has 0 radical (unpaired) electrons. The Balaban J connectivity index is 1.72. The highest BCUT2D eigenvalue weighted by Gasteiger charge is 2.26. The molecule has 0 bridgehead atoms. The summed E-state index contributed by atoms with van der Waals surface area (Å²) in [6.07, 6.45) is 0. The number of aromatic nitrogens is 2. The SMILES string of the molecule is COCC(=O)N1CCN(C(=O)c2n[nH]c3ccc(C)cc23)CC1. The number of piperazine rings is 1. The number of aromatic amines is 1. The van der Waals surface area contributed by atoms with Crippen molar-refractivity contribution in [3.05, 3.63) is 29.5 Å². The van der Waals surface area contributed by atoms with Crippen LogP contribution in [0.2, 0.25) is 0 Å². The molecule has 2 aromatic rings. The van der Waals surface area contributed by atoms with E-state index in [9.17, 15) is 9.59 Å². The summed E-state index contributed by atoms with van der Waals surface area (Å²) in [6.45, 7) is 4.13. The van der Waals surface area contributed by atoms with Crippen LogP contribution in [0, 0.1) is 6.92 Å². The maximum atomic E-state index is 12.7. The Kier molecular flexibility index (Phi) is 4.29. The molecule has 23 heavy (non-hydrogen) atoms. The van der Waals surface area contributed by atoms with E-state index in [0.29, 0.717) is 31.9 Å². The van der Waals surface area contributed by atoms with E-state index in [2.05, 4.69) is 10.2 Å². The summed E-state index contributed by atoms with van der Waals surface area (Å²) in [4.78, 5) is 28.0. The van der Waals surface area contributed by atoms with Gasteiger partial charge in [0.15, 0.2) is 5.69 Å². The summed E-state index contributed by atoms with van der Waals surface area (Å²) in [5.41, 5.74) is 2.39. The predicted octanol–water partition coefficient (Wildman–Crippen LogP) is 0.802. The number of hydrogen-bond acceptors (Lipinski definition) is 4. The van der Waals surface area contributed by atoms with Crippen molar-refractivity contribution in [1.29, 1.82) is 0 Å². The number of H-pyrrole nitrogens is 1. The highest BCUT2D eigenvalue weighted by molar-refractivity contribution is 6.04. The quantitative estimate of drug-likeness (QED) is 0.908. The third-order valence-electron chi connectivity index (χ3n) is 4.11. The van der Waals surface area contributed by atoms with Crippen molar-refractivity contribution in [2.24, 2.45) is 0 Å². The molecule has 0 aliphatic carbocycles. The van der Waals surface area contributed by atoms with Gasteiger partial charge in [0.1, 0.15) is 6.61 Å². The molecule has 3 rings (SSSR count). The first-order valence-corrected chi connectivity index (χ1v) is 7.61. The minimum atomic E-state index is -0.0966. The number of carbonyl (C=O) groups excluding carboxylic acids is 2. The lowest BCUT2D eigenvalue weighted by Gasteiger charge is -2.34. The van der Waals surface area contributed by atoms with E-state index in [1.54, 1.807) is 9.80 Å². The molecular formula is C16H20N4O3. The van der Waals surface area contributed by atoms with E-state index >= 15 is 0 Å². The van der Waals surface area contributed by atoms with Gasteiger partial charge in [0.2, 0.25) is 5.91 Å². The molecule has 0 unspecified atom stereocenters. The number of ether oxygens (including phenoxy) is 1. The van der Waals surface area contributed by atoms with Gasteiger partial charge in [-0.05, 0) is 19.1 Å². The second kappa shape index (κ2) is 6.37. The van der Waals surface area contributed by atoms with Crippen molar-refractivity contribution in [1.82, 2.24) is 20.0 Å². The van der Waals surface area contributed by atoms with Gasteiger partial charge in [-0.25, -0.2) is 0 Å². The molecular weight excluding hydrogens is 296 g/mol. The minimum Gasteiger partial charge on any atom is -0.375 e. The van der Waals surface area contributed by atoms with Crippen LogP contribution < -0.4 is 0 Å². The van der Waals surface area contributed by atoms with Gasteiger partial charge in [-0.1, -0.05) is 11.6 Å². The second-order valence-corrected chi connectivity index (χ2v) is 5.73. The molecule has 1 fully saturated rings. The summed E-state index contributed by atoms with van der Waals surface area (Å²) >= 11 is 0. The molecule has 0 spiro atoms. The molecule has 1 aromatic carbocycles. The van der Waals surface area contributed by atoms with Crippen LogP contribution in [0.3, 0.4) is 0 Å². The van der Waals surface area contributed by atoms with E-state index in [0.717, 1.165) is 16.5 Å². The van der Waals surface area contributed by atoms with Crippen LogP contribution in [0.25, 0.3) is 10.9 Å². The van der Waals surface area contributed by atoms with Crippen LogP contribution in [0.4, 0.5) is 0 Å². The van der Waals surface area contributed by atoms with E-state index in [1.165, 1.54) is 7.11 Å². The molecule has 2 amide bonds. The van der Waals surface area contributed by atoms with Gasteiger partial charge in [-0.3, -0.25) is 14.7 Å². The van der Waals surface area contributed by atoms with Gasteiger partial charge in [0.25, 0.3) is 5.91 Å². The zero-order valence-electron chi connectivity index (χ0n) is 13.3. The van der Waals surface area contributed by atoms with Gasteiger partial charge in [-0.15, -0.1) is 0 Å². The third kappa shape index (κ3) is 3.05. The van der Waals surface area contributed by atoms with E-state index < -0.39 is 0 Å². The van der Waals surface area contributed by atoms with Crippen LogP contribution in [-0.2, 0) is 9.53 Å². The van der Waals surface area contributed by atoms with Gasteiger partial charge in [-0.2, -0.15) is 5.10 Å². The number of hydrogen-bond donors (Lipinski definition) is 1. The number of rotatable bonds is 3. The predicted molar refractivity (Wildman–Crippen MR) is 85.2 cm³/mol. The molecule has 1 saturated heterocycles. The van der Waals surface area contributed by atoms with Crippen molar-refractivity contribution < 1.29 is 14.3 Å². The monoisotopic (exact) mass is 316 g/mol. The van der Waals surface area contributed by atoms with Crippen LogP contribution in [0.1, 0.15) is 16.1 Å². The first-order valence-electron chi connectivity index (χ1n) is 7.61. The Morgan fingerprint density at radius 1 is 1.22 bits per heavy atom. The lowest BCUT2D eigenvalue weighted by molar-refractivity contribution is -0.136. The van der Waals surface area contributed by atoms with Crippen molar-refractivity contribution in [2.45, 2.75) is 6.92 Å². The van der Waals surface area contributed by atoms with Crippen molar-refractivity contribution >= 4 is 22.7 Å². The summed E-state index contributed by atoms with van der Waals surface area (Å²) in [5.74, 6) is -0.138. The molecule has 0 atom stereocenters. The fraction of sp³-hybridized carbons (Fsp3) is 0.438. The molecule has 2 heterocycles. The van der Waals surface area contributed by atoms with Gasteiger partial charge < -0.3 is 14.5 Å². The second-order valence-electron chi connectivity index (χ2n) is 5.73. The molecule has 122 valence electrons. The number of nitrogens with zero attached hydrogens (tertiary/aromatic N) is 3. The van der Waals surface area contributed by atoms with Gasteiger partial charge >= 0.3 is 0 Å². The molecule has 0 saturated carbocycles. The first kappa shape index (κ1) is 15.5. The molecule has 7 nitrogen and oxygen atoms in total. The van der Waals surface area contributed by atoms with Crippen LogP contribution in [0.5, 0.6) is 0 Å². The fourth-order valence-electron chi connectivity index (χ4n) is 2.81. The lowest BCUT2D eigenvalue weighted by Crippen LogP contribution is -2.51. The highest BCUT2D eigenvalue weighted by atomic mass is 16.5. The van der Waals surface area contributed by atoms with Crippen molar-refractivity contribution in [3.8, 4) is 0 Å². The molecule has 1 N–H and O–H groups in total. The number of methoxy groups -OCH3 is 1. The maximum absolute atomic E-state index is 12.7. The smallest absolute Gasteiger partial charge is 0.275 e. The van der Waals surface area contributed by atoms with Crippen molar-refractivity contribution in [3.63, 3.8) is 0 Å². The highest BCUT2D eigenvalue weighted by Crippen LogP contribution is 2.19. The van der Waals surface area contributed by atoms with Crippen LogP contribution in [0.15, 0.2) is 18.2 Å². The van der Waals surface area contributed by atoms with Crippen LogP contribution in [-0.4, -0.2) is 71.7 Å². The van der Waals surface area contributed by atoms with E-state index in [4.69, 9.17) is 4.74 Å². The van der Waals surface area contributed by atoms with Crippen molar-refractivity contribution in [2.75, 3.05) is 39.9 Å². The number of benzene rings is 1. The average molecular weight is 316 g/mol. The molecule has 1 aliphatic heterocycles. The lowest BCUT2D eigenvalue weighted by atomic mass is 10.1. The van der Waals surface area contributed by atoms with Gasteiger partial charge in [0, 0.05) is 38.7 Å². The molecule has 1 aliphatic rings. The van der Waals surface area contributed by atoms with E-state index in [-0.39, 0.29) is 18.4 Å². The number of nitrogens with one attached hydrogen (secondary N) is 1. The maximum Gasteiger partial charge on any atom is 0.275 e. The number of amides is 2. The van der Waals surface area contributed by atoms with E-state index in [1.807, 2.05) is 25.1 Å². The standard InChI is InChI=1S/C16H20N4O3/c1-11-3-4-13-12(9-11)15(18-17-13)16(22)20-7-5-19(6-8-20)14(21)10-23-2/h3-4,9H,5-8,10H2,1-2H3,(H,17,18). The number of fused-ring (bicyclic) bond motifs is 1. The Hall–Kier alpha value is -2.41. The Morgan fingerprint density at radius 2 is 1.91 bits per heavy atom. The summed E-state index contributed by atoms with van der Waals surface area (Å²) in [5, 5.41) is 7.92. The Labute approximate surface area is 134 Å². The fourth-order valence-corrected chi connectivity index (χ4v) is 2.81. The normalized spacial score (nSPS) is 15.2. The zero-order chi connectivity index (χ0) is 16.4. The third-order valence-corrected chi connectivity index (χ3v) is 4.11. The minimum absolute atomic E-state index is 0.0413. The average Bonchev–Trinajstić information content (AvgIpc) is 2.97. The summed E-state index contributed by atoms with van der Waals surface area (Å²) < 4.78 is 4.86. The molecule has 1 aromatic heterocycles. The van der Waals surface area contributed by atoms with Gasteiger partial charge in [0.05, 0.1) is 5.52 Å². The zero-order valence-corrected chi connectivity index (χ0v) is 13.3. The largest absolute Gasteiger partial charge is 0.375 e. The number of carbonyl (C=O) groups is 2. The number of aryl methyl sites for hydroxylation is 1. The summed E-state index contributed by atoms with van der Waals surface area (Å²) in [6, 6.07) is 5.87. The topological polar surface area (TPSA) is 78.5 Å². The first-order chi connectivity index (χ1) is 11.1. The Morgan fingerprint density at radius 3 is 2.61 bits per heavy atom. The van der Waals surface area contributed by atoms with Crippen LogP contribution >= 0.6 is 0 Å². The Bertz CT molecular complexity index is 732. The molecule has 7 heteroatoms. The summed E-state index contributed by atoms with van der Waals surface area (Å²) in [7, 11) is 1.50.